The first-order valence-electron chi connectivity index (χ1n) is 8.94. The number of likely N-dealkylation sites (tertiary alicyclic amines) is 1. The van der Waals surface area contributed by atoms with E-state index in [1.807, 2.05) is 30.6 Å². The van der Waals surface area contributed by atoms with Gasteiger partial charge >= 0.3 is 0 Å². The lowest BCUT2D eigenvalue weighted by Gasteiger charge is -2.24. The summed E-state index contributed by atoms with van der Waals surface area (Å²) in [7, 11) is 0. The van der Waals surface area contributed by atoms with Crippen LogP contribution in [0, 0.1) is 19.7 Å². The van der Waals surface area contributed by atoms with Gasteiger partial charge in [0.25, 0.3) is 0 Å². The summed E-state index contributed by atoms with van der Waals surface area (Å²) in [6, 6.07) is 8.25. The van der Waals surface area contributed by atoms with Crippen molar-refractivity contribution < 1.29 is 9.18 Å². The smallest absolute Gasteiger partial charge is 0.187 e. The van der Waals surface area contributed by atoms with Crippen LogP contribution in [0.2, 0.25) is 0 Å². The van der Waals surface area contributed by atoms with Gasteiger partial charge < -0.3 is 4.57 Å². The summed E-state index contributed by atoms with van der Waals surface area (Å²) in [4.78, 5) is 15.0. The van der Waals surface area contributed by atoms with Crippen molar-refractivity contribution in [2.75, 3.05) is 19.6 Å². The summed E-state index contributed by atoms with van der Waals surface area (Å²) < 4.78 is 15.1. The number of ketones is 1. The highest BCUT2D eigenvalue weighted by Gasteiger charge is 2.15. The van der Waals surface area contributed by atoms with Crippen molar-refractivity contribution in [3.63, 3.8) is 0 Å². The van der Waals surface area contributed by atoms with Crippen molar-refractivity contribution in [3.8, 4) is 5.69 Å². The SMILES string of the molecule is Cc1cc(C(=O)/C=C/CN2CCCCC2)c(C)n1-c1ccc(F)cc1. The van der Waals surface area contributed by atoms with Crippen LogP contribution in [0.1, 0.15) is 41.0 Å². The summed E-state index contributed by atoms with van der Waals surface area (Å²) in [6.07, 6.45) is 7.47. The molecule has 1 saturated heterocycles. The minimum absolute atomic E-state index is 0.0264. The zero-order valence-corrected chi connectivity index (χ0v) is 15.0. The molecule has 1 aliphatic heterocycles. The van der Waals surface area contributed by atoms with Crippen molar-refractivity contribution >= 4 is 5.78 Å². The lowest BCUT2D eigenvalue weighted by atomic mass is 10.1. The molecule has 0 aliphatic carbocycles. The van der Waals surface area contributed by atoms with Gasteiger partial charge in [-0.1, -0.05) is 12.5 Å². The van der Waals surface area contributed by atoms with Crippen molar-refractivity contribution in [3.05, 3.63) is 65.3 Å². The van der Waals surface area contributed by atoms with Crippen molar-refractivity contribution in [2.24, 2.45) is 0 Å². The summed E-state index contributed by atoms with van der Waals surface area (Å²) >= 11 is 0. The predicted octanol–water partition coefficient (Wildman–Crippen LogP) is 4.46. The second kappa shape index (κ2) is 7.79. The molecule has 1 fully saturated rings. The number of piperidine rings is 1. The molecule has 132 valence electrons. The molecule has 0 N–H and O–H groups in total. The van der Waals surface area contributed by atoms with Crippen molar-refractivity contribution in [2.45, 2.75) is 33.1 Å². The summed E-state index contributed by atoms with van der Waals surface area (Å²) in [5.41, 5.74) is 3.43. The Morgan fingerprint density at radius 1 is 1.12 bits per heavy atom. The minimum Gasteiger partial charge on any atom is -0.318 e. The molecule has 1 aliphatic rings. The minimum atomic E-state index is -0.261. The fourth-order valence-corrected chi connectivity index (χ4v) is 3.54. The zero-order chi connectivity index (χ0) is 17.8. The van der Waals surface area contributed by atoms with Crippen LogP contribution in [0.3, 0.4) is 0 Å². The van der Waals surface area contributed by atoms with E-state index in [0.29, 0.717) is 5.56 Å². The van der Waals surface area contributed by atoms with Crippen LogP contribution >= 0.6 is 0 Å². The Morgan fingerprint density at radius 2 is 1.80 bits per heavy atom. The number of aromatic nitrogens is 1. The maximum Gasteiger partial charge on any atom is 0.187 e. The Morgan fingerprint density at radius 3 is 2.48 bits per heavy atom. The highest BCUT2D eigenvalue weighted by atomic mass is 19.1. The van der Waals surface area contributed by atoms with Gasteiger partial charge in [-0.05, 0) is 76.2 Å². The lowest BCUT2D eigenvalue weighted by molar-refractivity contribution is 0.104. The van der Waals surface area contributed by atoms with E-state index >= 15 is 0 Å². The van der Waals surface area contributed by atoms with Crippen LogP contribution in [0.5, 0.6) is 0 Å². The average molecular weight is 340 g/mol. The van der Waals surface area contributed by atoms with Gasteiger partial charge in [0.1, 0.15) is 5.82 Å². The fourth-order valence-electron chi connectivity index (χ4n) is 3.54. The molecule has 1 aromatic heterocycles. The van der Waals surface area contributed by atoms with E-state index in [-0.39, 0.29) is 11.6 Å². The van der Waals surface area contributed by atoms with Crippen molar-refractivity contribution in [1.82, 2.24) is 9.47 Å². The number of carbonyl (C=O) groups is 1. The molecule has 0 radical (unpaired) electrons. The van der Waals surface area contributed by atoms with Crippen LogP contribution in [-0.4, -0.2) is 34.9 Å². The number of benzene rings is 1. The average Bonchev–Trinajstić information content (AvgIpc) is 2.91. The quantitative estimate of drug-likeness (QED) is 0.593. The number of carbonyl (C=O) groups excluding carboxylic acids is 1. The van der Waals surface area contributed by atoms with E-state index in [0.717, 1.165) is 36.7 Å². The molecule has 0 amide bonds. The van der Waals surface area contributed by atoms with E-state index < -0.39 is 0 Å². The van der Waals surface area contributed by atoms with E-state index in [2.05, 4.69) is 4.90 Å². The molecule has 4 heteroatoms. The third-order valence-electron chi connectivity index (χ3n) is 4.86. The van der Waals surface area contributed by atoms with Gasteiger partial charge in [-0.2, -0.15) is 0 Å². The largest absolute Gasteiger partial charge is 0.318 e. The molecule has 0 atom stereocenters. The maximum atomic E-state index is 13.2. The number of aryl methyl sites for hydroxylation is 1. The first-order chi connectivity index (χ1) is 12.1. The first kappa shape index (κ1) is 17.6. The highest BCUT2D eigenvalue weighted by Crippen LogP contribution is 2.22. The molecule has 2 aromatic rings. The van der Waals surface area contributed by atoms with E-state index in [1.165, 1.54) is 31.4 Å². The van der Waals surface area contributed by atoms with Crippen molar-refractivity contribution in [1.29, 1.82) is 0 Å². The fraction of sp³-hybridized carbons (Fsp3) is 0.381. The molecule has 0 saturated carbocycles. The summed E-state index contributed by atoms with van der Waals surface area (Å²) in [5, 5.41) is 0. The molecular weight excluding hydrogens is 315 g/mol. The molecule has 25 heavy (non-hydrogen) atoms. The Kier molecular flexibility index (Phi) is 5.49. The molecule has 0 unspecified atom stereocenters. The van der Waals surface area contributed by atoms with E-state index in [4.69, 9.17) is 0 Å². The number of allylic oxidation sites excluding steroid dienone is 1. The molecule has 0 spiro atoms. The molecule has 2 heterocycles. The summed E-state index contributed by atoms with van der Waals surface area (Å²) in [5.74, 6) is -0.235. The van der Waals surface area contributed by atoms with Gasteiger partial charge in [-0.25, -0.2) is 4.39 Å². The second-order valence-electron chi connectivity index (χ2n) is 6.72. The van der Waals surface area contributed by atoms with Crippen LogP contribution in [0.4, 0.5) is 4.39 Å². The van der Waals surface area contributed by atoms with Gasteiger partial charge in [-0.15, -0.1) is 0 Å². The van der Waals surface area contributed by atoms with Gasteiger partial charge in [0.2, 0.25) is 0 Å². The number of rotatable bonds is 5. The summed E-state index contributed by atoms with van der Waals surface area (Å²) in [6.45, 7) is 6.98. The Bertz CT molecular complexity index is 768. The number of halogens is 1. The standard InChI is InChI=1S/C21H25FN2O/c1-16-15-20(17(2)24(16)19-10-8-18(22)9-11-19)21(25)7-6-14-23-12-4-3-5-13-23/h6-11,15H,3-5,12-14H2,1-2H3/b7-6+. The molecular formula is C21H25FN2O. The van der Waals surface area contributed by atoms with Crippen LogP contribution in [-0.2, 0) is 0 Å². The lowest BCUT2D eigenvalue weighted by Crippen LogP contribution is -2.29. The molecule has 0 bridgehead atoms. The first-order valence-corrected chi connectivity index (χ1v) is 8.94. The second-order valence-corrected chi connectivity index (χ2v) is 6.72. The number of hydrogen-bond acceptors (Lipinski definition) is 2. The van der Waals surface area contributed by atoms with Crippen LogP contribution in [0.15, 0.2) is 42.5 Å². The Labute approximate surface area is 148 Å². The van der Waals surface area contributed by atoms with Gasteiger partial charge in [0, 0.05) is 29.2 Å². The zero-order valence-electron chi connectivity index (χ0n) is 15.0. The molecule has 3 nitrogen and oxygen atoms in total. The Balaban J connectivity index is 1.75. The van der Waals surface area contributed by atoms with Crippen LogP contribution < -0.4 is 0 Å². The highest BCUT2D eigenvalue weighted by molar-refractivity contribution is 6.05. The van der Waals surface area contributed by atoms with Gasteiger partial charge in [-0.3, -0.25) is 9.69 Å². The Hall–Kier alpha value is -2.20. The van der Waals surface area contributed by atoms with E-state index in [1.54, 1.807) is 18.2 Å². The predicted molar refractivity (Wildman–Crippen MR) is 99.0 cm³/mol. The third kappa shape index (κ3) is 4.07. The molecule has 1 aromatic carbocycles. The molecule has 3 rings (SSSR count). The van der Waals surface area contributed by atoms with Gasteiger partial charge in [0.05, 0.1) is 0 Å². The monoisotopic (exact) mass is 340 g/mol. The van der Waals surface area contributed by atoms with Crippen LogP contribution in [0.25, 0.3) is 5.69 Å². The van der Waals surface area contributed by atoms with E-state index in [9.17, 15) is 9.18 Å². The normalized spacial score (nSPS) is 15.8. The third-order valence-corrected chi connectivity index (χ3v) is 4.86. The number of hydrogen-bond donors (Lipinski definition) is 0. The topological polar surface area (TPSA) is 25.2 Å². The van der Waals surface area contributed by atoms with Gasteiger partial charge in [0.15, 0.2) is 5.78 Å². The maximum absolute atomic E-state index is 13.2. The number of nitrogens with zero attached hydrogens (tertiary/aromatic N) is 2.